The van der Waals surface area contributed by atoms with E-state index in [1.165, 1.54) is 11.4 Å². The first-order valence-corrected chi connectivity index (χ1v) is 13.6. The Kier molecular flexibility index (Phi) is 11.4. The highest BCUT2D eigenvalue weighted by atomic mass is 19.4. The summed E-state index contributed by atoms with van der Waals surface area (Å²) < 4.78 is 74.3. The molecule has 43 heavy (non-hydrogen) atoms. The standard InChI is InChI=1S/C28H34F5N5O5/c1-18(2)21(16-27(29,30)25(41)34-10-11-37-12-14-43-15-13-37)35-23(39)17-38-22(19-6-4-3-5-7-19)9-8-20(24(38)40)36-26(42)28(31,32)33/h3-9,18,21H,10-17H2,1-2H3,(H,34,41)(H,35,39)(H,36,42). The second-order valence-electron chi connectivity index (χ2n) is 10.4. The SMILES string of the molecule is CC(C)C(CC(F)(F)C(=O)NCCN1CCOCC1)NC(=O)Cn1c(-c2ccccc2)ccc(NC(=O)C(F)(F)F)c1=O. The summed E-state index contributed by atoms with van der Waals surface area (Å²) in [6.45, 7) is 5.02. The Morgan fingerprint density at radius 1 is 0.953 bits per heavy atom. The fourth-order valence-electron chi connectivity index (χ4n) is 4.38. The molecule has 1 saturated heterocycles. The third-order valence-corrected chi connectivity index (χ3v) is 6.83. The molecule has 3 amide bonds. The molecule has 1 aliphatic heterocycles. The molecule has 2 heterocycles. The molecular formula is C28H34F5N5O5. The summed E-state index contributed by atoms with van der Waals surface area (Å²) in [7, 11) is 0. The molecule has 1 fully saturated rings. The van der Waals surface area contributed by atoms with Crippen LogP contribution >= 0.6 is 0 Å². The van der Waals surface area contributed by atoms with Gasteiger partial charge in [-0.05, 0) is 23.6 Å². The van der Waals surface area contributed by atoms with Gasteiger partial charge in [-0.25, -0.2) is 0 Å². The number of pyridine rings is 1. The fourth-order valence-corrected chi connectivity index (χ4v) is 4.38. The number of halogens is 5. The molecule has 10 nitrogen and oxygen atoms in total. The maximum Gasteiger partial charge on any atom is 0.471 e. The number of ether oxygens (including phenoxy) is 1. The first-order chi connectivity index (χ1) is 20.2. The molecule has 1 atom stereocenters. The average molecular weight is 616 g/mol. The number of benzene rings is 1. The molecule has 0 bridgehead atoms. The van der Waals surface area contributed by atoms with Crippen molar-refractivity contribution in [1.82, 2.24) is 20.1 Å². The van der Waals surface area contributed by atoms with E-state index in [0.717, 1.165) is 10.6 Å². The lowest BCUT2D eigenvalue weighted by Gasteiger charge is -2.28. The number of alkyl halides is 5. The number of amides is 3. The van der Waals surface area contributed by atoms with E-state index >= 15 is 0 Å². The average Bonchev–Trinajstić information content (AvgIpc) is 2.95. The van der Waals surface area contributed by atoms with Crippen molar-refractivity contribution in [2.75, 3.05) is 44.7 Å². The monoisotopic (exact) mass is 615 g/mol. The summed E-state index contributed by atoms with van der Waals surface area (Å²) in [6.07, 6.45) is -6.29. The van der Waals surface area contributed by atoms with Gasteiger partial charge in [0, 0.05) is 38.6 Å². The highest BCUT2D eigenvalue weighted by Gasteiger charge is 2.42. The van der Waals surface area contributed by atoms with Gasteiger partial charge in [0.05, 0.1) is 18.9 Å². The number of aromatic nitrogens is 1. The number of nitrogens with zero attached hydrogens (tertiary/aromatic N) is 2. The van der Waals surface area contributed by atoms with Crippen LogP contribution in [0.2, 0.25) is 0 Å². The van der Waals surface area contributed by atoms with Crippen molar-refractivity contribution < 1.29 is 41.1 Å². The Morgan fingerprint density at radius 3 is 2.21 bits per heavy atom. The number of carbonyl (C=O) groups is 3. The summed E-state index contributed by atoms with van der Waals surface area (Å²) in [4.78, 5) is 51.9. The van der Waals surface area contributed by atoms with Crippen molar-refractivity contribution in [2.45, 2.75) is 45.0 Å². The fraction of sp³-hybridized carbons (Fsp3) is 0.500. The molecule has 0 radical (unpaired) electrons. The summed E-state index contributed by atoms with van der Waals surface area (Å²) in [5.41, 5.74) is -1.27. The van der Waals surface area contributed by atoms with Crippen LogP contribution in [0.3, 0.4) is 0 Å². The summed E-state index contributed by atoms with van der Waals surface area (Å²) in [5.74, 6) is -9.16. The van der Waals surface area contributed by atoms with Crippen molar-refractivity contribution in [3.63, 3.8) is 0 Å². The van der Waals surface area contributed by atoms with Crippen LogP contribution in [0.5, 0.6) is 0 Å². The number of nitrogens with one attached hydrogen (secondary N) is 3. The number of hydrogen-bond acceptors (Lipinski definition) is 6. The summed E-state index contributed by atoms with van der Waals surface area (Å²) >= 11 is 0. The van der Waals surface area contributed by atoms with Gasteiger partial charge in [0.1, 0.15) is 12.2 Å². The van der Waals surface area contributed by atoms with Gasteiger partial charge < -0.3 is 20.7 Å². The van der Waals surface area contributed by atoms with E-state index in [1.54, 1.807) is 44.2 Å². The minimum absolute atomic E-state index is 0.000471. The molecular weight excluding hydrogens is 581 g/mol. The van der Waals surface area contributed by atoms with Gasteiger partial charge in [-0.2, -0.15) is 22.0 Å². The lowest BCUT2D eigenvalue weighted by atomic mass is 9.96. The minimum Gasteiger partial charge on any atom is -0.379 e. The zero-order valence-electron chi connectivity index (χ0n) is 23.7. The molecule has 1 unspecified atom stereocenters. The Balaban J connectivity index is 1.75. The van der Waals surface area contributed by atoms with Crippen LogP contribution in [0, 0.1) is 5.92 Å². The van der Waals surface area contributed by atoms with Crippen LogP contribution in [0.15, 0.2) is 47.3 Å². The zero-order chi connectivity index (χ0) is 31.8. The number of rotatable bonds is 12. The largest absolute Gasteiger partial charge is 0.471 e. The molecule has 2 aromatic rings. The minimum atomic E-state index is -5.27. The van der Waals surface area contributed by atoms with Crippen molar-refractivity contribution >= 4 is 23.4 Å². The van der Waals surface area contributed by atoms with Gasteiger partial charge in [0.25, 0.3) is 11.5 Å². The number of morpholine rings is 1. The molecule has 236 valence electrons. The maximum absolute atomic E-state index is 14.9. The Labute approximate surface area is 244 Å². The molecule has 1 aromatic carbocycles. The van der Waals surface area contributed by atoms with E-state index in [4.69, 9.17) is 4.74 Å². The summed E-state index contributed by atoms with van der Waals surface area (Å²) in [5, 5.41) is 6.16. The van der Waals surface area contributed by atoms with Crippen molar-refractivity contribution in [1.29, 1.82) is 0 Å². The Morgan fingerprint density at radius 2 is 1.60 bits per heavy atom. The summed E-state index contributed by atoms with van der Waals surface area (Å²) in [6, 6.07) is 9.17. The predicted octanol–water partition coefficient (Wildman–Crippen LogP) is 2.63. The molecule has 0 spiro atoms. The number of anilines is 1. The normalized spacial score (nSPS) is 15.2. The van der Waals surface area contributed by atoms with E-state index in [9.17, 15) is 41.1 Å². The number of carbonyl (C=O) groups excluding carboxylic acids is 3. The highest BCUT2D eigenvalue weighted by molar-refractivity contribution is 5.95. The van der Waals surface area contributed by atoms with Crippen LogP contribution in [0.25, 0.3) is 11.3 Å². The van der Waals surface area contributed by atoms with Gasteiger partial charge in [-0.15, -0.1) is 0 Å². The van der Waals surface area contributed by atoms with Crippen LogP contribution in [-0.2, 0) is 25.7 Å². The molecule has 0 aliphatic carbocycles. The molecule has 0 saturated carbocycles. The van der Waals surface area contributed by atoms with Gasteiger partial charge in [-0.3, -0.25) is 28.6 Å². The van der Waals surface area contributed by atoms with Crippen molar-refractivity contribution in [3.05, 3.63) is 52.8 Å². The second kappa shape index (κ2) is 14.6. The Hall–Kier alpha value is -3.85. The highest BCUT2D eigenvalue weighted by Crippen LogP contribution is 2.25. The predicted molar refractivity (Wildman–Crippen MR) is 147 cm³/mol. The van der Waals surface area contributed by atoms with Gasteiger partial charge in [0.15, 0.2) is 0 Å². The van der Waals surface area contributed by atoms with E-state index in [0.29, 0.717) is 38.4 Å². The smallest absolute Gasteiger partial charge is 0.379 e. The first kappa shape index (κ1) is 33.6. The molecule has 1 aromatic heterocycles. The van der Waals surface area contributed by atoms with Gasteiger partial charge in [-0.1, -0.05) is 44.2 Å². The molecule has 3 N–H and O–H groups in total. The van der Waals surface area contributed by atoms with Crippen LogP contribution < -0.4 is 21.5 Å². The molecule has 1 aliphatic rings. The third kappa shape index (κ3) is 9.58. The van der Waals surface area contributed by atoms with Crippen LogP contribution in [-0.4, -0.2) is 84.7 Å². The van der Waals surface area contributed by atoms with E-state index in [1.807, 2.05) is 4.90 Å². The van der Waals surface area contributed by atoms with Gasteiger partial charge >= 0.3 is 18.0 Å². The third-order valence-electron chi connectivity index (χ3n) is 6.83. The van der Waals surface area contributed by atoms with Gasteiger partial charge in [0.2, 0.25) is 5.91 Å². The maximum atomic E-state index is 14.9. The second-order valence-corrected chi connectivity index (χ2v) is 10.4. The molecule has 15 heteroatoms. The van der Waals surface area contributed by atoms with E-state index in [2.05, 4.69) is 10.6 Å². The first-order valence-electron chi connectivity index (χ1n) is 13.6. The van der Waals surface area contributed by atoms with Crippen LogP contribution in [0.4, 0.5) is 27.6 Å². The lowest BCUT2D eigenvalue weighted by molar-refractivity contribution is -0.167. The van der Waals surface area contributed by atoms with E-state index < -0.39 is 66.0 Å². The number of hydrogen-bond donors (Lipinski definition) is 3. The zero-order valence-corrected chi connectivity index (χ0v) is 23.7. The molecule has 3 rings (SSSR count). The van der Waals surface area contributed by atoms with Crippen molar-refractivity contribution in [3.8, 4) is 11.3 Å². The van der Waals surface area contributed by atoms with Crippen LogP contribution in [0.1, 0.15) is 20.3 Å². The quantitative estimate of drug-likeness (QED) is 0.316. The lowest BCUT2D eigenvalue weighted by Crippen LogP contribution is -2.50. The van der Waals surface area contributed by atoms with Crippen molar-refractivity contribution in [2.24, 2.45) is 5.92 Å². The van der Waals surface area contributed by atoms with E-state index in [-0.39, 0.29) is 12.2 Å². The Bertz CT molecular complexity index is 1330. The topological polar surface area (TPSA) is 122 Å².